The second-order valence-corrected chi connectivity index (χ2v) is 4.45. The Balaban J connectivity index is 1.86. The molecule has 19 heavy (non-hydrogen) atoms. The average molecular weight is 256 g/mol. The topological polar surface area (TPSA) is 38.0 Å². The summed E-state index contributed by atoms with van der Waals surface area (Å²) < 4.78 is 14.7. The molecule has 4 heteroatoms. The zero-order chi connectivity index (χ0) is 13.2. The average Bonchev–Trinajstić information content (AvgIpc) is 2.83. The van der Waals surface area contributed by atoms with E-state index in [0.717, 1.165) is 11.0 Å². The van der Waals surface area contributed by atoms with Gasteiger partial charge in [0, 0.05) is 0 Å². The number of halogens is 1. The van der Waals surface area contributed by atoms with Crippen molar-refractivity contribution in [2.24, 2.45) is 0 Å². The molecule has 1 aromatic heterocycles. The van der Waals surface area contributed by atoms with Crippen molar-refractivity contribution in [3.05, 3.63) is 66.2 Å². The van der Waals surface area contributed by atoms with Crippen molar-refractivity contribution in [3.63, 3.8) is 0 Å². The Bertz CT molecular complexity index is 691. The third-order valence-electron chi connectivity index (χ3n) is 3.15. The minimum absolute atomic E-state index is 0.302. The normalized spacial score (nSPS) is 12.7. The Morgan fingerprint density at radius 2 is 1.84 bits per heavy atom. The van der Waals surface area contributed by atoms with Gasteiger partial charge in [0.2, 0.25) is 0 Å². The van der Waals surface area contributed by atoms with E-state index in [0.29, 0.717) is 12.1 Å². The smallest absolute Gasteiger partial charge is 0.123 e. The van der Waals surface area contributed by atoms with E-state index in [1.54, 1.807) is 18.5 Å². The molecule has 0 fully saturated rings. The number of aliphatic hydroxyl groups is 1. The predicted octanol–water partition coefficient (Wildman–Crippen LogP) is 2.91. The monoisotopic (exact) mass is 256 g/mol. The lowest BCUT2D eigenvalue weighted by Crippen LogP contribution is -2.07. The van der Waals surface area contributed by atoms with Crippen LogP contribution in [0, 0.1) is 5.82 Å². The minimum atomic E-state index is -0.682. The summed E-state index contributed by atoms with van der Waals surface area (Å²) in [6, 6.07) is 13.6. The molecule has 0 spiro atoms. The molecule has 1 N–H and O–H groups in total. The zero-order valence-corrected chi connectivity index (χ0v) is 10.2. The molecule has 1 heterocycles. The van der Waals surface area contributed by atoms with E-state index in [4.69, 9.17) is 0 Å². The van der Waals surface area contributed by atoms with Gasteiger partial charge in [-0.2, -0.15) is 0 Å². The highest BCUT2D eigenvalue weighted by molar-refractivity contribution is 5.74. The van der Waals surface area contributed by atoms with Crippen molar-refractivity contribution in [2.75, 3.05) is 0 Å². The molecule has 0 unspecified atom stereocenters. The Kier molecular flexibility index (Phi) is 3.01. The first-order valence-electron chi connectivity index (χ1n) is 6.07. The Morgan fingerprint density at radius 1 is 1.11 bits per heavy atom. The van der Waals surface area contributed by atoms with Crippen LogP contribution in [0.3, 0.4) is 0 Å². The van der Waals surface area contributed by atoms with E-state index in [-0.39, 0.29) is 5.82 Å². The molecule has 0 aliphatic rings. The summed E-state index contributed by atoms with van der Waals surface area (Å²) in [5, 5.41) is 10.2. The number of hydrogen-bond acceptors (Lipinski definition) is 2. The van der Waals surface area contributed by atoms with Gasteiger partial charge < -0.3 is 9.67 Å². The van der Waals surface area contributed by atoms with Crippen LogP contribution in [0.25, 0.3) is 11.0 Å². The second-order valence-electron chi connectivity index (χ2n) is 4.45. The molecule has 3 nitrogen and oxygen atoms in total. The van der Waals surface area contributed by atoms with Crippen LogP contribution in [-0.2, 0) is 6.54 Å². The van der Waals surface area contributed by atoms with Crippen molar-refractivity contribution in [1.29, 1.82) is 0 Å². The fraction of sp³-hybridized carbons (Fsp3) is 0.133. The number of nitrogens with zero attached hydrogens (tertiary/aromatic N) is 2. The SMILES string of the molecule is O[C@H](Cn1cnc2ccccc21)c1ccc(F)cc1. The lowest BCUT2D eigenvalue weighted by Gasteiger charge is -2.12. The lowest BCUT2D eigenvalue weighted by molar-refractivity contribution is 0.158. The number of rotatable bonds is 3. The maximum Gasteiger partial charge on any atom is 0.123 e. The van der Waals surface area contributed by atoms with Gasteiger partial charge in [-0.05, 0) is 29.8 Å². The molecule has 0 aliphatic heterocycles. The largest absolute Gasteiger partial charge is 0.387 e. The third kappa shape index (κ3) is 2.35. The number of aromatic nitrogens is 2. The maximum atomic E-state index is 12.8. The van der Waals surface area contributed by atoms with Gasteiger partial charge >= 0.3 is 0 Å². The molecule has 1 atom stereocenters. The van der Waals surface area contributed by atoms with Crippen LogP contribution in [0.15, 0.2) is 54.9 Å². The molecule has 0 amide bonds. The first-order valence-corrected chi connectivity index (χ1v) is 6.07. The fourth-order valence-corrected chi connectivity index (χ4v) is 2.13. The molecule has 0 bridgehead atoms. The summed E-state index contributed by atoms with van der Waals surface area (Å²) in [6.45, 7) is 0.395. The van der Waals surface area contributed by atoms with Gasteiger partial charge in [0.05, 0.1) is 30.0 Å². The van der Waals surface area contributed by atoms with Gasteiger partial charge in [-0.3, -0.25) is 0 Å². The first kappa shape index (κ1) is 11.9. The van der Waals surface area contributed by atoms with E-state index >= 15 is 0 Å². The van der Waals surface area contributed by atoms with Crippen molar-refractivity contribution >= 4 is 11.0 Å². The van der Waals surface area contributed by atoms with Crippen LogP contribution in [0.5, 0.6) is 0 Å². The van der Waals surface area contributed by atoms with Crippen LogP contribution < -0.4 is 0 Å². The van der Waals surface area contributed by atoms with Gasteiger partial charge in [-0.1, -0.05) is 24.3 Å². The number of benzene rings is 2. The van der Waals surface area contributed by atoms with Gasteiger partial charge in [0.1, 0.15) is 5.82 Å². The molecule has 96 valence electrons. The summed E-state index contributed by atoms with van der Waals surface area (Å²) >= 11 is 0. The zero-order valence-electron chi connectivity index (χ0n) is 10.2. The van der Waals surface area contributed by atoms with Crippen molar-refractivity contribution < 1.29 is 9.50 Å². The van der Waals surface area contributed by atoms with Crippen molar-refractivity contribution in [2.45, 2.75) is 12.6 Å². The third-order valence-corrected chi connectivity index (χ3v) is 3.15. The van der Waals surface area contributed by atoms with Crippen LogP contribution in [0.4, 0.5) is 4.39 Å². The van der Waals surface area contributed by atoms with Gasteiger partial charge in [0.25, 0.3) is 0 Å². The fourth-order valence-electron chi connectivity index (χ4n) is 2.13. The summed E-state index contributed by atoms with van der Waals surface area (Å²) in [5.41, 5.74) is 2.57. The maximum absolute atomic E-state index is 12.8. The van der Waals surface area contributed by atoms with E-state index < -0.39 is 6.10 Å². The quantitative estimate of drug-likeness (QED) is 0.782. The van der Waals surface area contributed by atoms with Crippen LogP contribution in [0.2, 0.25) is 0 Å². The molecule has 0 saturated heterocycles. The van der Waals surface area contributed by atoms with E-state index in [9.17, 15) is 9.50 Å². The minimum Gasteiger partial charge on any atom is -0.387 e. The molecule has 0 radical (unpaired) electrons. The van der Waals surface area contributed by atoms with Crippen molar-refractivity contribution in [1.82, 2.24) is 9.55 Å². The van der Waals surface area contributed by atoms with E-state index in [1.165, 1.54) is 12.1 Å². The first-order chi connectivity index (χ1) is 9.24. The highest BCUT2D eigenvalue weighted by Crippen LogP contribution is 2.19. The molecule has 3 aromatic rings. The Morgan fingerprint density at radius 3 is 2.63 bits per heavy atom. The standard InChI is InChI=1S/C15H13FN2O/c16-12-7-5-11(6-8-12)15(19)9-18-10-17-13-3-1-2-4-14(13)18/h1-8,10,15,19H,9H2/t15-/m1/s1. The lowest BCUT2D eigenvalue weighted by atomic mass is 10.1. The number of aliphatic hydroxyl groups excluding tert-OH is 1. The molecule has 2 aromatic carbocycles. The number of fused-ring (bicyclic) bond motifs is 1. The summed E-state index contributed by atoms with van der Waals surface area (Å²) in [6.07, 6.45) is 1.02. The Hall–Kier alpha value is -2.20. The molecule has 3 rings (SSSR count). The predicted molar refractivity (Wildman–Crippen MR) is 71.1 cm³/mol. The Labute approximate surface area is 109 Å². The van der Waals surface area contributed by atoms with Gasteiger partial charge in [0.15, 0.2) is 0 Å². The number of hydrogen-bond donors (Lipinski definition) is 1. The highest BCUT2D eigenvalue weighted by atomic mass is 19.1. The molecule has 0 aliphatic carbocycles. The van der Waals surface area contributed by atoms with Crippen molar-refractivity contribution in [3.8, 4) is 0 Å². The highest BCUT2D eigenvalue weighted by Gasteiger charge is 2.10. The van der Waals surface area contributed by atoms with Gasteiger partial charge in [-0.25, -0.2) is 9.37 Å². The molecule has 0 saturated carbocycles. The summed E-state index contributed by atoms with van der Waals surface area (Å²) in [4.78, 5) is 4.27. The molecular weight excluding hydrogens is 243 g/mol. The van der Waals surface area contributed by atoms with E-state index in [2.05, 4.69) is 4.98 Å². The number of para-hydroxylation sites is 2. The summed E-state index contributed by atoms with van der Waals surface area (Å²) in [5.74, 6) is -0.302. The van der Waals surface area contributed by atoms with Crippen LogP contribution >= 0.6 is 0 Å². The van der Waals surface area contributed by atoms with Gasteiger partial charge in [-0.15, -0.1) is 0 Å². The second kappa shape index (κ2) is 4.82. The summed E-state index contributed by atoms with van der Waals surface area (Å²) in [7, 11) is 0. The van der Waals surface area contributed by atoms with E-state index in [1.807, 2.05) is 28.8 Å². The van der Waals surface area contributed by atoms with Crippen LogP contribution in [-0.4, -0.2) is 14.7 Å². The van der Waals surface area contributed by atoms with Crippen LogP contribution in [0.1, 0.15) is 11.7 Å². The molecular formula is C15H13FN2O. The number of imidazole rings is 1.